The fourth-order valence-corrected chi connectivity index (χ4v) is 3.15. The van der Waals surface area contributed by atoms with Crippen molar-refractivity contribution >= 4 is 17.8 Å². The molecule has 0 unspecified atom stereocenters. The van der Waals surface area contributed by atoms with E-state index in [4.69, 9.17) is 9.47 Å². The summed E-state index contributed by atoms with van der Waals surface area (Å²) in [6.07, 6.45) is -3.68. The van der Waals surface area contributed by atoms with Gasteiger partial charge < -0.3 is 14.8 Å². The first-order chi connectivity index (χ1) is 14.5. The van der Waals surface area contributed by atoms with Gasteiger partial charge in [0.25, 0.3) is 0 Å². The Morgan fingerprint density at radius 2 is 1.71 bits per heavy atom. The van der Waals surface area contributed by atoms with Gasteiger partial charge in [0.05, 0.1) is 19.1 Å². The molecule has 0 aliphatic rings. The lowest BCUT2D eigenvalue weighted by atomic mass is 9.82. The third kappa shape index (κ3) is 9.44. The number of ketones is 1. The topological polar surface area (TPSA) is 81.7 Å². The number of rotatable bonds is 12. The second-order valence-corrected chi connectivity index (χ2v) is 8.77. The third-order valence-corrected chi connectivity index (χ3v) is 4.95. The Labute approximate surface area is 182 Å². The van der Waals surface area contributed by atoms with Crippen LogP contribution in [-0.4, -0.2) is 37.4 Å². The highest BCUT2D eigenvalue weighted by Gasteiger charge is 2.37. The van der Waals surface area contributed by atoms with Gasteiger partial charge >= 0.3 is 12.1 Å². The number of halogens is 2. The molecule has 1 N–H and O–H groups in total. The van der Waals surface area contributed by atoms with Crippen molar-refractivity contribution in [2.24, 2.45) is 17.3 Å². The van der Waals surface area contributed by atoms with E-state index < -0.39 is 41.6 Å². The average molecular weight is 442 g/mol. The van der Waals surface area contributed by atoms with Crippen molar-refractivity contribution in [3.05, 3.63) is 35.9 Å². The lowest BCUT2D eigenvalue weighted by molar-refractivity contribution is -0.148. The van der Waals surface area contributed by atoms with E-state index in [0.717, 1.165) is 5.56 Å². The van der Waals surface area contributed by atoms with E-state index in [-0.39, 0.29) is 25.4 Å². The van der Waals surface area contributed by atoms with Gasteiger partial charge in [-0.2, -0.15) is 0 Å². The van der Waals surface area contributed by atoms with Gasteiger partial charge in [0.15, 0.2) is 5.78 Å². The van der Waals surface area contributed by atoms with E-state index in [1.807, 2.05) is 19.9 Å². The van der Waals surface area contributed by atoms with Crippen LogP contribution in [0.15, 0.2) is 30.3 Å². The lowest BCUT2D eigenvalue weighted by Gasteiger charge is -2.29. The first-order valence-electron chi connectivity index (χ1n) is 10.3. The third-order valence-electron chi connectivity index (χ3n) is 4.95. The van der Waals surface area contributed by atoms with Crippen LogP contribution in [0.25, 0.3) is 0 Å². The van der Waals surface area contributed by atoms with Crippen molar-refractivity contribution in [2.75, 3.05) is 7.11 Å². The molecule has 0 aliphatic carbocycles. The van der Waals surface area contributed by atoms with Crippen LogP contribution in [0, 0.1) is 17.3 Å². The quantitative estimate of drug-likeness (QED) is 0.473. The number of esters is 1. The van der Waals surface area contributed by atoms with Crippen LogP contribution in [0.5, 0.6) is 0 Å². The van der Waals surface area contributed by atoms with Crippen molar-refractivity contribution in [1.29, 1.82) is 0 Å². The fourth-order valence-electron chi connectivity index (χ4n) is 3.15. The van der Waals surface area contributed by atoms with Crippen molar-refractivity contribution in [2.45, 2.75) is 66.0 Å². The van der Waals surface area contributed by atoms with Crippen LogP contribution in [0.4, 0.5) is 13.6 Å². The second-order valence-electron chi connectivity index (χ2n) is 8.77. The van der Waals surface area contributed by atoms with Crippen LogP contribution >= 0.6 is 0 Å². The van der Waals surface area contributed by atoms with Crippen LogP contribution < -0.4 is 5.32 Å². The first-order valence-corrected chi connectivity index (χ1v) is 10.3. The molecule has 0 saturated heterocycles. The maximum Gasteiger partial charge on any atom is 0.408 e. The smallest absolute Gasteiger partial charge is 0.408 e. The first kappa shape index (κ1) is 26.5. The molecular formula is C23H33F2NO5. The molecule has 1 aromatic rings. The molecule has 0 spiro atoms. The van der Waals surface area contributed by atoms with Crippen molar-refractivity contribution in [3.63, 3.8) is 0 Å². The van der Waals surface area contributed by atoms with Crippen LogP contribution in [0.3, 0.4) is 0 Å². The number of nitrogens with one attached hydrogen (secondary N) is 1. The molecule has 1 amide bonds. The van der Waals surface area contributed by atoms with Crippen LogP contribution in [0.2, 0.25) is 0 Å². The predicted molar refractivity (Wildman–Crippen MR) is 113 cm³/mol. The summed E-state index contributed by atoms with van der Waals surface area (Å²) >= 11 is 0. The normalized spacial score (nSPS) is 13.6. The number of carbonyl (C=O) groups is 3. The Balaban J connectivity index is 2.91. The zero-order valence-corrected chi connectivity index (χ0v) is 18.8. The summed E-state index contributed by atoms with van der Waals surface area (Å²) in [6, 6.07) is 7.71. The molecule has 0 heterocycles. The van der Waals surface area contributed by atoms with Gasteiger partial charge in [-0.25, -0.2) is 13.6 Å². The number of hydrogen-bond donors (Lipinski definition) is 1. The number of hydrogen-bond acceptors (Lipinski definition) is 5. The summed E-state index contributed by atoms with van der Waals surface area (Å²) in [4.78, 5) is 37.3. The Morgan fingerprint density at radius 1 is 1.10 bits per heavy atom. The van der Waals surface area contributed by atoms with Crippen molar-refractivity contribution in [3.8, 4) is 0 Å². The second kappa shape index (κ2) is 12.4. The number of methoxy groups -OCH3 is 1. The monoisotopic (exact) mass is 441 g/mol. The highest BCUT2D eigenvalue weighted by atomic mass is 19.3. The highest BCUT2D eigenvalue weighted by molar-refractivity contribution is 5.90. The standard InChI is InChI=1S/C23H33F2NO5/c1-15(2)11-17(20(28)30-5)12-19(27)18(13-23(3,4)21(24)25)26-22(29)31-14-16-9-7-6-8-10-16/h6-10,15,17-18,21H,11-14H2,1-5H3,(H,26,29)/t17-,18+/m1/s1. The maximum absolute atomic E-state index is 13.4. The van der Waals surface area contributed by atoms with E-state index in [1.54, 1.807) is 24.3 Å². The average Bonchev–Trinajstić information content (AvgIpc) is 2.70. The zero-order valence-electron chi connectivity index (χ0n) is 18.8. The minimum atomic E-state index is -2.70. The van der Waals surface area contributed by atoms with Crippen LogP contribution in [-0.2, 0) is 25.7 Å². The molecule has 0 aliphatic heterocycles. The number of alkyl carbamates (subject to hydrolysis) is 1. The number of amides is 1. The molecule has 0 aromatic heterocycles. The molecule has 174 valence electrons. The van der Waals surface area contributed by atoms with Gasteiger partial charge in [-0.05, 0) is 24.3 Å². The van der Waals surface area contributed by atoms with Gasteiger partial charge in [0, 0.05) is 11.8 Å². The zero-order chi connectivity index (χ0) is 23.6. The SMILES string of the molecule is COC(=O)[C@@H](CC(=O)[C@H](CC(C)(C)C(F)F)NC(=O)OCc1ccccc1)CC(C)C. The molecule has 0 bridgehead atoms. The molecular weight excluding hydrogens is 408 g/mol. The van der Waals surface area contributed by atoms with Gasteiger partial charge in [0.1, 0.15) is 6.61 Å². The maximum atomic E-state index is 13.4. The van der Waals surface area contributed by atoms with E-state index in [9.17, 15) is 23.2 Å². The Bertz CT molecular complexity index is 722. The number of carbonyl (C=O) groups excluding carboxylic acids is 3. The molecule has 0 radical (unpaired) electrons. The van der Waals surface area contributed by atoms with E-state index in [1.165, 1.54) is 21.0 Å². The summed E-state index contributed by atoms with van der Waals surface area (Å²) in [7, 11) is 1.23. The molecule has 2 atom stereocenters. The Hall–Kier alpha value is -2.51. The number of alkyl halides is 2. The molecule has 0 fully saturated rings. The number of Topliss-reactive ketones (excluding diaryl/α,β-unsaturated/α-hetero) is 1. The Morgan fingerprint density at radius 3 is 2.23 bits per heavy atom. The van der Waals surface area contributed by atoms with Gasteiger partial charge in [-0.3, -0.25) is 9.59 Å². The van der Waals surface area contributed by atoms with E-state index in [0.29, 0.717) is 6.42 Å². The minimum Gasteiger partial charge on any atom is -0.469 e. The Kier molecular flexibility index (Phi) is 10.6. The van der Waals surface area contributed by atoms with E-state index >= 15 is 0 Å². The summed E-state index contributed by atoms with van der Waals surface area (Å²) in [5.74, 6) is -1.64. The van der Waals surface area contributed by atoms with Crippen LogP contribution in [0.1, 0.15) is 52.5 Å². The summed E-state index contributed by atoms with van der Waals surface area (Å²) < 4.78 is 36.8. The molecule has 1 rings (SSSR count). The summed E-state index contributed by atoms with van der Waals surface area (Å²) in [5, 5.41) is 2.42. The van der Waals surface area contributed by atoms with Gasteiger partial charge in [0.2, 0.25) is 6.43 Å². The van der Waals surface area contributed by atoms with Gasteiger partial charge in [-0.15, -0.1) is 0 Å². The minimum absolute atomic E-state index is 0.0239. The molecule has 1 aromatic carbocycles. The fraction of sp³-hybridized carbons (Fsp3) is 0.609. The molecule has 8 heteroatoms. The summed E-state index contributed by atoms with van der Waals surface area (Å²) in [5.41, 5.74) is -0.776. The highest BCUT2D eigenvalue weighted by Crippen LogP contribution is 2.31. The van der Waals surface area contributed by atoms with Crippen molar-refractivity contribution < 1.29 is 32.6 Å². The van der Waals surface area contributed by atoms with E-state index in [2.05, 4.69) is 5.32 Å². The predicted octanol–water partition coefficient (Wildman–Crippen LogP) is 4.76. The largest absolute Gasteiger partial charge is 0.469 e. The number of ether oxygens (including phenoxy) is 2. The molecule has 0 saturated carbocycles. The summed E-state index contributed by atoms with van der Waals surface area (Å²) in [6.45, 7) is 6.42. The van der Waals surface area contributed by atoms with Crippen molar-refractivity contribution in [1.82, 2.24) is 5.32 Å². The molecule has 31 heavy (non-hydrogen) atoms. The molecule has 6 nitrogen and oxygen atoms in total. The lowest BCUT2D eigenvalue weighted by Crippen LogP contribution is -2.46. The van der Waals surface area contributed by atoms with Gasteiger partial charge in [-0.1, -0.05) is 58.0 Å². The number of benzene rings is 1.